The standard InChI is InChI=1S/C15H15N5S2/c1-10-7-13(16)20-14(17-10)21-8-12-9-22-15(19-12)18-11-5-3-2-4-6-11/h2-7,9H,8H2,1H3,(H,18,19)(H2,16,17,20). The molecule has 0 amide bonds. The Morgan fingerprint density at radius 3 is 2.77 bits per heavy atom. The van der Waals surface area contributed by atoms with Crippen molar-refractivity contribution in [1.29, 1.82) is 0 Å². The van der Waals surface area contributed by atoms with Crippen molar-refractivity contribution in [1.82, 2.24) is 15.0 Å². The number of hydrogen-bond donors (Lipinski definition) is 2. The number of rotatable bonds is 5. The zero-order valence-corrected chi connectivity index (χ0v) is 13.6. The summed E-state index contributed by atoms with van der Waals surface area (Å²) < 4.78 is 0. The minimum atomic E-state index is 0.500. The number of thiazole rings is 1. The highest BCUT2D eigenvalue weighted by Crippen LogP contribution is 2.25. The van der Waals surface area contributed by atoms with Crippen molar-refractivity contribution in [3.63, 3.8) is 0 Å². The maximum absolute atomic E-state index is 5.73. The molecule has 5 nitrogen and oxygen atoms in total. The second-order valence-electron chi connectivity index (χ2n) is 4.64. The molecule has 0 aliphatic heterocycles. The van der Waals surface area contributed by atoms with E-state index in [1.54, 1.807) is 17.4 Å². The molecule has 0 atom stereocenters. The van der Waals surface area contributed by atoms with Gasteiger partial charge in [-0.1, -0.05) is 30.0 Å². The summed E-state index contributed by atoms with van der Waals surface area (Å²) >= 11 is 3.12. The van der Waals surface area contributed by atoms with Gasteiger partial charge in [0.2, 0.25) is 0 Å². The Morgan fingerprint density at radius 1 is 1.18 bits per heavy atom. The highest BCUT2D eigenvalue weighted by atomic mass is 32.2. The van der Waals surface area contributed by atoms with E-state index in [-0.39, 0.29) is 0 Å². The molecule has 0 aliphatic carbocycles. The van der Waals surface area contributed by atoms with Crippen LogP contribution in [0.4, 0.5) is 16.6 Å². The first-order valence-electron chi connectivity index (χ1n) is 6.69. The zero-order valence-electron chi connectivity index (χ0n) is 12.0. The number of aryl methyl sites for hydroxylation is 1. The minimum absolute atomic E-state index is 0.500. The average molecular weight is 329 g/mol. The summed E-state index contributed by atoms with van der Waals surface area (Å²) in [5, 5.41) is 6.89. The lowest BCUT2D eigenvalue weighted by Gasteiger charge is -2.02. The fourth-order valence-corrected chi connectivity index (χ4v) is 3.48. The lowest BCUT2D eigenvalue weighted by atomic mass is 10.3. The van der Waals surface area contributed by atoms with E-state index in [0.717, 1.165) is 28.0 Å². The Kier molecular flexibility index (Phi) is 4.55. The molecular weight excluding hydrogens is 314 g/mol. The van der Waals surface area contributed by atoms with Crippen molar-refractivity contribution < 1.29 is 0 Å². The van der Waals surface area contributed by atoms with E-state index in [1.807, 2.05) is 42.6 Å². The topological polar surface area (TPSA) is 76.7 Å². The van der Waals surface area contributed by atoms with Gasteiger partial charge in [0.15, 0.2) is 10.3 Å². The van der Waals surface area contributed by atoms with Gasteiger partial charge in [-0.2, -0.15) is 0 Å². The van der Waals surface area contributed by atoms with Gasteiger partial charge in [0, 0.05) is 28.6 Å². The predicted octanol–water partition coefficient (Wildman–Crippen LogP) is 3.86. The summed E-state index contributed by atoms with van der Waals surface area (Å²) in [6, 6.07) is 11.8. The molecule has 0 bridgehead atoms. The normalized spacial score (nSPS) is 10.6. The number of nitrogens with two attached hydrogens (primary N) is 1. The number of aromatic nitrogens is 3. The maximum Gasteiger partial charge on any atom is 0.190 e. The molecule has 0 saturated carbocycles. The van der Waals surface area contributed by atoms with Gasteiger partial charge in [0.1, 0.15) is 5.82 Å². The molecule has 0 radical (unpaired) electrons. The van der Waals surface area contributed by atoms with Crippen molar-refractivity contribution in [3.8, 4) is 0 Å². The fraction of sp³-hybridized carbons (Fsp3) is 0.133. The Labute approximate surface area is 137 Å². The summed E-state index contributed by atoms with van der Waals surface area (Å²) in [5.74, 6) is 1.22. The van der Waals surface area contributed by atoms with Crippen molar-refractivity contribution in [2.24, 2.45) is 0 Å². The Morgan fingerprint density at radius 2 is 2.00 bits per heavy atom. The van der Waals surface area contributed by atoms with E-state index in [4.69, 9.17) is 5.73 Å². The second-order valence-corrected chi connectivity index (χ2v) is 6.44. The van der Waals surface area contributed by atoms with Gasteiger partial charge in [0.05, 0.1) is 5.69 Å². The summed E-state index contributed by atoms with van der Waals surface area (Å²) in [7, 11) is 0. The third kappa shape index (κ3) is 3.96. The average Bonchev–Trinajstić information content (AvgIpc) is 2.93. The monoisotopic (exact) mass is 329 g/mol. The van der Waals surface area contributed by atoms with E-state index in [2.05, 4.69) is 20.3 Å². The van der Waals surface area contributed by atoms with Crippen LogP contribution >= 0.6 is 23.1 Å². The lowest BCUT2D eigenvalue weighted by Crippen LogP contribution is -1.96. The van der Waals surface area contributed by atoms with Crippen LogP contribution in [0.2, 0.25) is 0 Å². The molecular formula is C15H15N5S2. The number of anilines is 3. The van der Waals surface area contributed by atoms with E-state index in [1.165, 1.54) is 11.8 Å². The molecule has 0 aliphatic rings. The first-order chi connectivity index (χ1) is 10.7. The summed E-state index contributed by atoms with van der Waals surface area (Å²) in [5.41, 5.74) is 8.64. The van der Waals surface area contributed by atoms with Crippen LogP contribution in [0, 0.1) is 6.92 Å². The molecule has 0 fully saturated rings. The molecule has 2 aromatic heterocycles. The van der Waals surface area contributed by atoms with Gasteiger partial charge in [-0.05, 0) is 19.1 Å². The summed E-state index contributed by atoms with van der Waals surface area (Å²) in [6.45, 7) is 1.91. The summed E-state index contributed by atoms with van der Waals surface area (Å²) in [4.78, 5) is 13.1. The summed E-state index contributed by atoms with van der Waals surface area (Å²) in [6.07, 6.45) is 0. The highest BCUT2D eigenvalue weighted by molar-refractivity contribution is 7.98. The van der Waals surface area contributed by atoms with Gasteiger partial charge in [0.25, 0.3) is 0 Å². The van der Waals surface area contributed by atoms with Crippen LogP contribution in [-0.2, 0) is 5.75 Å². The van der Waals surface area contributed by atoms with Gasteiger partial charge in [-0.15, -0.1) is 11.3 Å². The number of para-hydroxylation sites is 1. The molecule has 2 heterocycles. The van der Waals surface area contributed by atoms with Crippen molar-refractivity contribution in [2.75, 3.05) is 11.1 Å². The van der Waals surface area contributed by atoms with Crippen LogP contribution in [0.1, 0.15) is 11.4 Å². The zero-order chi connectivity index (χ0) is 15.4. The van der Waals surface area contributed by atoms with Crippen LogP contribution in [0.5, 0.6) is 0 Å². The number of benzene rings is 1. The maximum atomic E-state index is 5.73. The quantitative estimate of drug-likeness (QED) is 0.547. The largest absolute Gasteiger partial charge is 0.384 e. The number of nitrogens with one attached hydrogen (secondary N) is 1. The van der Waals surface area contributed by atoms with Crippen LogP contribution in [0.3, 0.4) is 0 Å². The lowest BCUT2D eigenvalue weighted by molar-refractivity contribution is 0.939. The van der Waals surface area contributed by atoms with Crippen LogP contribution in [0.25, 0.3) is 0 Å². The van der Waals surface area contributed by atoms with Crippen LogP contribution < -0.4 is 11.1 Å². The molecule has 0 spiro atoms. The molecule has 3 N–H and O–H groups in total. The first-order valence-corrected chi connectivity index (χ1v) is 8.56. The molecule has 112 valence electrons. The fourth-order valence-electron chi connectivity index (χ4n) is 1.84. The van der Waals surface area contributed by atoms with Gasteiger partial charge >= 0.3 is 0 Å². The van der Waals surface area contributed by atoms with Crippen molar-refractivity contribution >= 4 is 39.7 Å². The first kappa shape index (κ1) is 14.8. The molecule has 7 heteroatoms. The molecule has 0 unspecified atom stereocenters. The molecule has 1 aromatic carbocycles. The van der Waals surface area contributed by atoms with Gasteiger partial charge in [-0.25, -0.2) is 15.0 Å². The third-order valence-corrected chi connectivity index (χ3v) is 4.47. The van der Waals surface area contributed by atoms with Crippen molar-refractivity contribution in [2.45, 2.75) is 17.8 Å². The van der Waals surface area contributed by atoms with Crippen LogP contribution in [-0.4, -0.2) is 15.0 Å². The Hall–Kier alpha value is -2.12. The third-order valence-electron chi connectivity index (χ3n) is 2.78. The van der Waals surface area contributed by atoms with Crippen LogP contribution in [0.15, 0.2) is 46.9 Å². The van der Waals surface area contributed by atoms with Gasteiger partial charge < -0.3 is 11.1 Å². The molecule has 3 rings (SSSR count). The van der Waals surface area contributed by atoms with Crippen molar-refractivity contribution in [3.05, 3.63) is 53.2 Å². The number of thioether (sulfide) groups is 1. The molecule has 3 aromatic rings. The number of nitrogen functional groups attached to an aromatic ring is 1. The van der Waals surface area contributed by atoms with E-state index >= 15 is 0 Å². The SMILES string of the molecule is Cc1cc(N)nc(SCc2csc(Nc3ccccc3)n2)n1. The predicted molar refractivity (Wildman–Crippen MR) is 92.6 cm³/mol. The van der Waals surface area contributed by atoms with Gasteiger partial charge in [-0.3, -0.25) is 0 Å². The number of nitrogens with zero attached hydrogens (tertiary/aromatic N) is 3. The Balaban J connectivity index is 1.62. The van der Waals surface area contributed by atoms with E-state index < -0.39 is 0 Å². The smallest absolute Gasteiger partial charge is 0.190 e. The molecule has 22 heavy (non-hydrogen) atoms. The van der Waals surface area contributed by atoms with E-state index in [0.29, 0.717) is 11.0 Å². The second kappa shape index (κ2) is 6.76. The van der Waals surface area contributed by atoms with E-state index in [9.17, 15) is 0 Å². The highest BCUT2D eigenvalue weighted by Gasteiger charge is 2.06. The number of hydrogen-bond acceptors (Lipinski definition) is 7. The molecule has 0 saturated heterocycles. The minimum Gasteiger partial charge on any atom is -0.384 e. The Bertz CT molecular complexity index is 737.